The molecule has 2 aromatic rings. The Kier molecular flexibility index (Phi) is 4.64. The molecule has 0 amide bonds. The fourth-order valence-corrected chi connectivity index (χ4v) is 2.68. The van der Waals surface area contributed by atoms with Gasteiger partial charge in [0.15, 0.2) is 0 Å². The smallest absolute Gasteiger partial charge is 0.335 e. The molecule has 7 heteroatoms. The Balaban J connectivity index is 2.09. The zero-order valence-electron chi connectivity index (χ0n) is 11.5. The summed E-state index contributed by atoms with van der Waals surface area (Å²) >= 11 is 1.39. The highest BCUT2D eigenvalue weighted by Crippen LogP contribution is 2.18. The first-order valence-electron chi connectivity index (χ1n) is 6.23. The Morgan fingerprint density at radius 1 is 1.24 bits per heavy atom. The number of nitrogens with one attached hydrogen (secondary N) is 1. The van der Waals surface area contributed by atoms with Gasteiger partial charge in [0.2, 0.25) is 0 Å². The molecule has 1 heterocycles. The number of hydrogen-bond donors (Lipinski definition) is 2. The molecule has 1 aromatic carbocycles. The molecule has 0 atom stereocenters. The van der Waals surface area contributed by atoms with E-state index in [1.165, 1.54) is 11.5 Å². The van der Waals surface area contributed by atoms with Crippen molar-refractivity contribution in [3.63, 3.8) is 0 Å². The van der Waals surface area contributed by atoms with E-state index in [2.05, 4.69) is 9.69 Å². The number of aromatic carboxylic acids is 1. The van der Waals surface area contributed by atoms with Crippen molar-refractivity contribution in [2.24, 2.45) is 0 Å². The topological polar surface area (TPSA) is 62.2 Å². The van der Waals surface area contributed by atoms with Gasteiger partial charge in [0.25, 0.3) is 0 Å². The quantitative estimate of drug-likeness (QED) is 0.891. The third kappa shape index (κ3) is 3.43. The molecule has 4 nitrogen and oxygen atoms in total. The van der Waals surface area contributed by atoms with Crippen molar-refractivity contribution >= 4 is 17.5 Å². The molecule has 0 fully saturated rings. The maximum Gasteiger partial charge on any atom is 0.335 e. The Morgan fingerprint density at radius 3 is 2.29 bits per heavy atom. The van der Waals surface area contributed by atoms with E-state index in [0.717, 1.165) is 28.3 Å². The molecule has 0 bridgehead atoms. The number of nitrogens with zero attached hydrogens (tertiary/aromatic N) is 1. The molecule has 0 aliphatic rings. The third-order valence-corrected chi connectivity index (χ3v) is 4.06. The molecule has 0 unspecified atom stereocenters. The van der Waals surface area contributed by atoms with Gasteiger partial charge in [-0.3, -0.25) is 0 Å². The van der Waals surface area contributed by atoms with Gasteiger partial charge in [0, 0.05) is 29.1 Å². The van der Waals surface area contributed by atoms with Crippen molar-refractivity contribution in [3.8, 4) is 0 Å². The van der Waals surface area contributed by atoms with Crippen LogP contribution in [0.5, 0.6) is 0 Å². The van der Waals surface area contributed by atoms with Crippen LogP contribution in [-0.2, 0) is 13.1 Å². The third-order valence-electron chi connectivity index (χ3n) is 3.17. The Bertz CT molecular complexity index is 643. The van der Waals surface area contributed by atoms with E-state index >= 15 is 0 Å². The molecule has 2 N–H and O–H groups in total. The SMILES string of the molecule is Cc1nsc(C)c1CNCc1c(F)cc(C(=O)O)cc1F. The van der Waals surface area contributed by atoms with Crippen LogP contribution < -0.4 is 5.32 Å². The van der Waals surface area contributed by atoms with Gasteiger partial charge < -0.3 is 10.4 Å². The predicted molar refractivity (Wildman–Crippen MR) is 75.4 cm³/mol. The highest BCUT2D eigenvalue weighted by atomic mass is 32.1. The van der Waals surface area contributed by atoms with Crippen molar-refractivity contribution in [1.29, 1.82) is 0 Å². The van der Waals surface area contributed by atoms with Crippen LogP contribution in [0.15, 0.2) is 12.1 Å². The van der Waals surface area contributed by atoms with Crippen LogP contribution in [0.4, 0.5) is 8.78 Å². The summed E-state index contributed by atoms with van der Waals surface area (Å²) in [5, 5.41) is 11.7. The number of carboxylic acid groups (broad SMARTS) is 1. The van der Waals surface area contributed by atoms with Crippen molar-refractivity contribution in [1.82, 2.24) is 9.69 Å². The second-order valence-electron chi connectivity index (χ2n) is 4.63. The molecule has 112 valence electrons. The summed E-state index contributed by atoms with van der Waals surface area (Å²) in [6.45, 7) is 4.24. The van der Waals surface area contributed by atoms with Crippen molar-refractivity contribution < 1.29 is 18.7 Å². The summed E-state index contributed by atoms with van der Waals surface area (Å²) < 4.78 is 31.7. The van der Waals surface area contributed by atoms with E-state index in [-0.39, 0.29) is 12.1 Å². The highest BCUT2D eigenvalue weighted by molar-refractivity contribution is 7.05. The van der Waals surface area contributed by atoms with Crippen molar-refractivity contribution in [2.45, 2.75) is 26.9 Å². The van der Waals surface area contributed by atoms with Gasteiger partial charge in [-0.05, 0) is 37.5 Å². The molecular weight excluding hydrogens is 298 g/mol. The number of rotatable bonds is 5. The van der Waals surface area contributed by atoms with Gasteiger partial charge in [-0.25, -0.2) is 13.6 Å². The Labute approximate surface area is 124 Å². The lowest BCUT2D eigenvalue weighted by atomic mass is 10.1. The Hall–Kier alpha value is -1.86. The molecule has 0 aliphatic carbocycles. The first kappa shape index (κ1) is 15.5. The van der Waals surface area contributed by atoms with Crippen molar-refractivity contribution in [3.05, 3.63) is 51.0 Å². The average molecular weight is 312 g/mol. The zero-order valence-corrected chi connectivity index (χ0v) is 12.4. The summed E-state index contributed by atoms with van der Waals surface area (Å²) in [6.07, 6.45) is 0. The lowest BCUT2D eigenvalue weighted by Crippen LogP contribution is -2.16. The van der Waals surface area contributed by atoms with Crippen LogP contribution in [0.1, 0.15) is 32.1 Å². The summed E-state index contributed by atoms with van der Waals surface area (Å²) in [7, 11) is 0. The molecule has 0 spiro atoms. The van der Waals surface area contributed by atoms with E-state index in [1.807, 2.05) is 13.8 Å². The number of benzene rings is 1. The van der Waals surface area contributed by atoms with Gasteiger partial charge in [0.05, 0.1) is 11.3 Å². The van der Waals surface area contributed by atoms with Gasteiger partial charge >= 0.3 is 5.97 Å². The number of hydrogen-bond acceptors (Lipinski definition) is 4. The molecule has 0 aliphatic heterocycles. The molecule has 0 radical (unpaired) electrons. The van der Waals surface area contributed by atoms with E-state index in [0.29, 0.717) is 6.54 Å². The number of halogens is 2. The molecule has 0 saturated heterocycles. The Morgan fingerprint density at radius 2 is 1.81 bits per heavy atom. The largest absolute Gasteiger partial charge is 0.478 e. The molecular formula is C14H14F2N2O2S. The normalized spacial score (nSPS) is 10.9. The highest BCUT2D eigenvalue weighted by Gasteiger charge is 2.15. The minimum absolute atomic E-state index is 0.0215. The minimum Gasteiger partial charge on any atom is -0.478 e. The van der Waals surface area contributed by atoms with Gasteiger partial charge in [-0.1, -0.05) is 0 Å². The van der Waals surface area contributed by atoms with Gasteiger partial charge in [0.1, 0.15) is 11.6 Å². The standard InChI is InChI=1S/C14H14F2N2O2S/c1-7-10(8(2)21-18-7)5-17-6-11-12(15)3-9(14(19)20)4-13(11)16/h3-4,17H,5-6H2,1-2H3,(H,19,20). The molecule has 21 heavy (non-hydrogen) atoms. The van der Waals surface area contributed by atoms with Crippen molar-refractivity contribution in [2.75, 3.05) is 0 Å². The first-order chi connectivity index (χ1) is 9.90. The van der Waals surface area contributed by atoms with E-state index in [9.17, 15) is 13.6 Å². The van der Waals surface area contributed by atoms with E-state index in [4.69, 9.17) is 5.11 Å². The molecule has 0 saturated carbocycles. The summed E-state index contributed by atoms with van der Waals surface area (Å²) in [5.41, 5.74) is 1.34. The number of aromatic nitrogens is 1. The van der Waals surface area contributed by atoms with E-state index in [1.54, 1.807) is 0 Å². The van der Waals surface area contributed by atoms with Crippen LogP contribution in [0.2, 0.25) is 0 Å². The maximum absolute atomic E-state index is 13.7. The summed E-state index contributed by atoms with van der Waals surface area (Å²) in [6, 6.07) is 1.65. The second kappa shape index (κ2) is 6.28. The number of carboxylic acids is 1. The molecule has 1 aromatic heterocycles. The predicted octanol–water partition coefficient (Wildman–Crippen LogP) is 3.03. The van der Waals surface area contributed by atoms with Crippen LogP contribution in [-0.4, -0.2) is 15.4 Å². The minimum atomic E-state index is -1.36. The van der Waals surface area contributed by atoms with Crippen LogP contribution in [0, 0.1) is 25.5 Å². The second-order valence-corrected chi connectivity index (χ2v) is 5.61. The van der Waals surface area contributed by atoms with Crippen LogP contribution in [0.3, 0.4) is 0 Å². The zero-order chi connectivity index (χ0) is 15.6. The first-order valence-corrected chi connectivity index (χ1v) is 7.01. The van der Waals surface area contributed by atoms with E-state index < -0.39 is 23.2 Å². The summed E-state index contributed by atoms with van der Waals surface area (Å²) in [5.74, 6) is -3.09. The fourth-order valence-electron chi connectivity index (χ4n) is 1.96. The number of aryl methyl sites for hydroxylation is 2. The fraction of sp³-hybridized carbons (Fsp3) is 0.286. The maximum atomic E-state index is 13.7. The monoisotopic (exact) mass is 312 g/mol. The average Bonchev–Trinajstić information content (AvgIpc) is 2.72. The van der Waals surface area contributed by atoms with Crippen LogP contribution in [0.25, 0.3) is 0 Å². The lowest BCUT2D eigenvalue weighted by molar-refractivity contribution is 0.0695. The molecule has 2 rings (SSSR count). The van der Waals surface area contributed by atoms with Gasteiger partial charge in [-0.2, -0.15) is 4.37 Å². The number of carbonyl (C=O) groups is 1. The van der Waals surface area contributed by atoms with Crippen LogP contribution >= 0.6 is 11.5 Å². The lowest BCUT2D eigenvalue weighted by Gasteiger charge is -2.08. The van der Waals surface area contributed by atoms with Gasteiger partial charge in [-0.15, -0.1) is 0 Å². The summed E-state index contributed by atoms with van der Waals surface area (Å²) in [4.78, 5) is 11.8.